The van der Waals surface area contributed by atoms with E-state index in [9.17, 15) is 13.0 Å². The van der Waals surface area contributed by atoms with Crippen molar-refractivity contribution in [1.29, 1.82) is 4.78 Å². The summed E-state index contributed by atoms with van der Waals surface area (Å²) in [6, 6.07) is 7.88. The minimum Gasteiger partial charge on any atom is -0.492 e. The van der Waals surface area contributed by atoms with Gasteiger partial charge in [0.15, 0.2) is 0 Å². The van der Waals surface area contributed by atoms with Crippen LogP contribution in [-0.2, 0) is 28.3 Å². The lowest BCUT2D eigenvalue weighted by molar-refractivity contribution is 0.358. The summed E-state index contributed by atoms with van der Waals surface area (Å²) in [5.41, 5.74) is 2.65. The van der Waals surface area contributed by atoms with E-state index in [1.54, 1.807) is 6.07 Å². The summed E-state index contributed by atoms with van der Waals surface area (Å²) in [6.07, 6.45) is 3.59. The standard InChI is InChI=1S/C22H22F2N4O2S/c1-3-14-8-13(12-31(2,25)29)9-21(27-14)28-20-10-17(19(24)11-26-20)15-4-5-18(23)16-6-7-30-22(15)16/h4-5,8-11,25H,3,6-7,12H2,1-2H3,(H,26,27,28). The van der Waals surface area contributed by atoms with Crippen LogP contribution in [0, 0.1) is 16.4 Å². The predicted octanol–water partition coefficient (Wildman–Crippen LogP) is 4.84. The highest BCUT2D eigenvalue weighted by Gasteiger charge is 2.23. The predicted molar refractivity (Wildman–Crippen MR) is 116 cm³/mol. The van der Waals surface area contributed by atoms with Gasteiger partial charge in [0.2, 0.25) is 0 Å². The highest BCUT2D eigenvalue weighted by atomic mass is 32.2. The van der Waals surface area contributed by atoms with Gasteiger partial charge in [0, 0.05) is 44.8 Å². The lowest BCUT2D eigenvalue weighted by atomic mass is 10.0. The van der Waals surface area contributed by atoms with Gasteiger partial charge in [-0.2, -0.15) is 0 Å². The molecule has 0 amide bonds. The molecule has 0 radical (unpaired) electrons. The van der Waals surface area contributed by atoms with Crippen LogP contribution >= 0.6 is 0 Å². The summed E-state index contributed by atoms with van der Waals surface area (Å²) in [6.45, 7) is 2.30. The van der Waals surface area contributed by atoms with Crippen LogP contribution in [0.3, 0.4) is 0 Å². The molecule has 1 aromatic carbocycles. The number of aryl methyl sites for hydroxylation is 1. The zero-order valence-corrected chi connectivity index (χ0v) is 18.0. The quantitative estimate of drug-likeness (QED) is 0.568. The molecule has 0 aliphatic carbocycles. The van der Waals surface area contributed by atoms with E-state index in [4.69, 9.17) is 9.52 Å². The monoisotopic (exact) mass is 444 g/mol. The van der Waals surface area contributed by atoms with Gasteiger partial charge in [-0.3, -0.25) is 4.78 Å². The second-order valence-electron chi connectivity index (χ2n) is 7.53. The smallest absolute Gasteiger partial charge is 0.149 e. The summed E-state index contributed by atoms with van der Waals surface area (Å²) in [5, 5.41) is 3.06. The molecule has 2 N–H and O–H groups in total. The molecule has 4 rings (SSSR count). The molecule has 0 saturated heterocycles. The molecule has 3 heterocycles. The third-order valence-corrected chi connectivity index (χ3v) is 5.83. The van der Waals surface area contributed by atoms with Gasteiger partial charge in [-0.25, -0.2) is 23.0 Å². The summed E-state index contributed by atoms with van der Waals surface area (Å²) in [7, 11) is -2.71. The van der Waals surface area contributed by atoms with E-state index < -0.39 is 15.5 Å². The Balaban J connectivity index is 1.71. The molecule has 6 nitrogen and oxygen atoms in total. The molecule has 31 heavy (non-hydrogen) atoms. The van der Waals surface area contributed by atoms with E-state index in [-0.39, 0.29) is 17.1 Å². The average Bonchev–Trinajstić information content (AvgIpc) is 3.19. The number of ether oxygens (including phenoxy) is 1. The first-order valence-corrected chi connectivity index (χ1v) is 12.0. The Kier molecular flexibility index (Phi) is 5.62. The maximum Gasteiger partial charge on any atom is 0.149 e. The van der Waals surface area contributed by atoms with Gasteiger partial charge >= 0.3 is 0 Å². The van der Waals surface area contributed by atoms with E-state index in [2.05, 4.69) is 15.3 Å². The normalized spacial score (nSPS) is 14.6. The van der Waals surface area contributed by atoms with E-state index >= 15 is 0 Å². The van der Waals surface area contributed by atoms with Crippen molar-refractivity contribution in [3.8, 4) is 16.9 Å². The van der Waals surface area contributed by atoms with Crippen LogP contribution in [0.5, 0.6) is 5.75 Å². The number of aromatic nitrogens is 2. The van der Waals surface area contributed by atoms with Gasteiger partial charge in [0.25, 0.3) is 0 Å². The summed E-state index contributed by atoms with van der Waals surface area (Å²) >= 11 is 0. The van der Waals surface area contributed by atoms with Crippen molar-refractivity contribution in [2.45, 2.75) is 25.5 Å². The number of pyridine rings is 2. The van der Waals surface area contributed by atoms with Crippen molar-refractivity contribution in [1.82, 2.24) is 9.97 Å². The van der Waals surface area contributed by atoms with Crippen molar-refractivity contribution in [3.05, 3.63) is 65.0 Å². The maximum absolute atomic E-state index is 14.6. The summed E-state index contributed by atoms with van der Waals surface area (Å²) in [5.74, 6) is 0.367. The molecule has 3 aromatic rings. The number of hydrogen-bond donors (Lipinski definition) is 2. The van der Waals surface area contributed by atoms with Crippen LogP contribution < -0.4 is 10.1 Å². The largest absolute Gasteiger partial charge is 0.492 e. The van der Waals surface area contributed by atoms with Crippen LogP contribution in [0.15, 0.2) is 36.5 Å². The minimum atomic E-state index is -2.71. The Morgan fingerprint density at radius 1 is 1.16 bits per heavy atom. The van der Waals surface area contributed by atoms with Crippen LogP contribution in [0.4, 0.5) is 20.4 Å². The Hall–Kier alpha value is -3.07. The second-order valence-corrected chi connectivity index (χ2v) is 9.83. The fourth-order valence-corrected chi connectivity index (χ4v) is 4.41. The summed E-state index contributed by atoms with van der Waals surface area (Å²) < 4.78 is 53.8. The molecule has 1 aliphatic heterocycles. The molecule has 1 aliphatic rings. The number of benzene rings is 1. The van der Waals surface area contributed by atoms with Gasteiger partial charge in [0.1, 0.15) is 29.0 Å². The molecule has 1 atom stereocenters. The molecule has 0 saturated carbocycles. The van der Waals surface area contributed by atoms with Gasteiger partial charge in [-0.05, 0) is 42.3 Å². The molecule has 0 spiro atoms. The fourth-order valence-electron chi connectivity index (χ4n) is 3.61. The maximum atomic E-state index is 14.6. The fraction of sp³-hybridized carbons (Fsp3) is 0.273. The molecule has 0 fully saturated rings. The number of halogens is 2. The Morgan fingerprint density at radius 2 is 1.97 bits per heavy atom. The lowest BCUT2D eigenvalue weighted by Crippen LogP contribution is -2.04. The van der Waals surface area contributed by atoms with Crippen molar-refractivity contribution in [2.24, 2.45) is 0 Å². The number of nitrogens with one attached hydrogen (secondary N) is 2. The van der Waals surface area contributed by atoms with E-state index in [1.165, 1.54) is 24.5 Å². The van der Waals surface area contributed by atoms with Gasteiger partial charge in [-0.15, -0.1) is 0 Å². The van der Waals surface area contributed by atoms with Crippen molar-refractivity contribution < 1.29 is 17.7 Å². The third-order valence-electron chi connectivity index (χ3n) is 4.95. The minimum absolute atomic E-state index is 0.109. The van der Waals surface area contributed by atoms with Crippen LogP contribution in [0.2, 0.25) is 0 Å². The van der Waals surface area contributed by atoms with Gasteiger partial charge in [-0.1, -0.05) is 6.92 Å². The number of anilines is 2. The van der Waals surface area contributed by atoms with Gasteiger partial charge in [0.05, 0.1) is 18.6 Å². The zero-order chi connectivity index (χ0) is 22.2. The lowest BCUT2D eigenvalue weighted by Gasteiger charge is -2.13. The molecular weight excluding hydrogens is 422 g/mol. The number of fused-ring (bicyclic) bond motifs is 1. The third kappa shape index (κ3) is 4.66. The van der Waals surface area contributed by atoms with E-state index in [1.807, 2.05) is 13.0 Å². The van der Waals surface area contributed by atoms with Crippen molar-refractivity contribution in [3.63, 3.8) is 0 Å². The molecule has 2 aromatic heterocycles. The van der Waals surface area contributed by atoms with Crippen LogP contribution in [0.25, 0.3) is 11.1 Å². The first kappa shape index (κ1) is 21.2. The number of hydrogen-bond acceptors (Lipinski definition) is 6. The average molecular weight is 445 g/mol. The van der Waals surface area contributed by atoms with E-state index in [0.717, 1.165) is 17.5 Å². The Morgan fingerprint density at radius 3 is 2.71 bits per heavy atom. The number of rotatable bonds is 6. The first-order valence-electron chi connectivity index (χ1n) is 9.82. The summed E-state index contributed by atoms with van der Waals surface area (Å²) in [4.78, 5) is 8.59. The SMILES string of the molecule is CCc1cc(CS(C)(=N)=O)cc(Nc2cc(-c3ccc(F)c4c3OCC4)c(F)cn2)n1. The molecule has 1 unspecified atom stereocenters. The van der Waals surface area contributed by atoms with Gasteiger partial charge < -0.3 is 10.1 Å². The second kappa shape index (κ2) is 8.22. The van der Waals surface area contributed by atoms with Crippen LogP contribution in [-0.4, -0.2) is 27.0 Å². The zero-order valence-electron chi connectivity index (χ0n) is 17.2. The van der Waals surface area contributed by atoms with Crippen LogP contribution in [0.1, 0.15) is 23.7 Å². The Labute approximate surface area is 179 Å². The topological polar surface area (TPSA) is 88.0 Å². The molecule has 162 valence electrons. The highest BCUT2D eigenvalue weighted by molar-refractivity contribution is 7.90. The molecular formula is C22H22F2N4O2S. The Bertz CT molecular complexity index is 1260. The number of nitrogens with zero attached hydrogens (tertiary/aromatic N) is 2. The van der Waals surface area contributed by atoms with Crippen molar-refractivity contribution in [2.75, 3.05) is 18.2 Å². The molecule has 9 heteroatoms. The molecule has 0 bridgehead atoms. The van der Waals surface area contributed by atoms with Crippen molar-refractivity contribution >= 4 is 21.4 Å². The van der Waals surface area contributed by atoms with E-state index in [0.29, 0.717) is 48.0 Å². The first-order chi connectivity index (χ1) is 14.7. The highest BCUT2D eigenvalue weighted by Crippen LogP contribution is 2.39.